The summed E-state index contributed by atoms with van der Waals surface area (Å²) in [4.78, 5) is 23.6. The average Bonchev–Trinajstić information content (AvgIpc) is 3.14. The van der Waals surface area contributed by atoms with Crippen LogP contribution in [-0.2, 0) is 4.74 Å². The predicted molar refractivity (Wildman–Crippen MR) is 96.7 cm³/mol. The number of nitrogens with one attached hydrogen (secondary N) is 1. The molecule has 8 heteroatoms. The Morgan fingerprint density at radius 2 is 2.04 bits per heavy atom. The summed E-state index contributed by atoms with van der Waals surface area (Å²) >= 11 is 0. The fourth-order valence-electron chi connectivity index (χ4n) is 2.77. The Morgan fingerprint density at radius 3 is 2.67 bits per heavy atom. The first-order chi connectivity index (χ1) is 12.9. The molecule has 0 spiro atoms. The maximum Gasteiger partial charge on any atom is 0.290 e. The van der Waals surface area contributed by atoms with Gasteiger partial charge in [-0.1, -0.05) is 19.0 Å². The van der Waals surface area contributed by atoms with Crippen LogP contribution in [0.3, 0.4) is 0 Å². The van der Waals surface area contributed by atoms with E-state index in [9.17, 15) is 9.59 Å². The van der Waals surface area contributed by atoms with Gasteiger partial charge in [-0.3, -0.25) is 9.59 Å². The van der Waals surface area contributed by atoms with Crippen LogP contribution in [0.15, 0.2) is 34.9 Å². The number of benzene rings is 1. The Labute approximate surface area is 157 Å². The minimum atomic E-state index is -0.500. The molecule has 0 saturated carbocycles. The first kappa shape index (κ1) is 18.9. The van der Waals surface area contributed by atoms with Crippen molar-refractivity contribution in [2.24, 2.45) is 5.73 Å². The molecular weight excluding hydrogens is 350 g/mol. The Balaban J connectivity index is 1.65. The second-order valence-corrected chi connectivity index (χ2v) is 6.76. The number of carbonyl (C=O) groups excluding carboxylic acids is 2. The lowest BCUT2D eigenvalue weighted by molar-refractivity contribution is -0.0138. The number of hydrogen-bond donors (Lipinski definition) is 2. The summed E-state index contributed by atoms with van der Waals surface area (Å²) in [7, 11) is 0. The van der Waals surface area contributed by atoms with Gasteiger partial charge in [-0.05, 0) is 36.6 Å². The Morgan fingerprint density at radius 1 is 1.30 bits per heavy atom. The van der Waals surface area contributed by atoms with Crippen LogP contribution < -0.4 is 15.8 Å². The summed E-state index contributed by atoms with van der Waals surface area (Å²) in [6.07, 6.45) is 0.246. The minimum Gasteiger partial charge on any atom is -0.486 e. The van der Waals surface area contributed by atoms with Gasteiger partial charge in [0.25, 0.3) is 5.91 Å². The third kappa shape index (κ3) is 4.65. The van der Waals surface area contributed by atoms with E-state index in [2.05, 4.69) is 10.5 Å². The number of rotatable bonds is 6. The fourth-order valence-corrected chi connectivity index (χ4v) is 2.77. The first-order valence-corrected chi connectivity index (χ1v) is 8.86. The SMILES string of the molecule is CC(C)c1cc(C(=O)N[C@@H]2CCOC[C@H]2Oc2ccc(C(N)=O)cc2)on1. The molecule has 0 radical (unpaired) electrons. The molecule has 8 nitrogen and oxygen atoms in total. The molecule has 1 aromatic heterocycles. The van der Waals surface area contributed by atoms with Gasteiger partial charge < -0.3 is 25.0 Å². The van der Waals surface area contributed by atoms with E-state index < -0.39 is 5.91 Å². The van der Waals surface area contributed by atoms with Gasteiger partial charge in [0.15, 0.2) is 0 Å². The zero-order chi connectivity index (χ0) is 19.4. The van der Waals surface area contributed by atoms with Gasteiger partial charge in [-0.2, -0.15) is 0 Å². The molecule has 1 aliphatic rings. The molecule has 0 bridgehead atoms. The Kier molecular flexibility index (Phi) is 5.75. The quantitative estimate of drug-likeness (QED) is 0.798. The molecule has 3 N–H and O–H groups in total. The molecule has 2 atom stereocenters. The highest BCUT2D eigenvalue weighted by Gasteiger charge is 2.30. The molecule has 2 aromatic rings. The van der Waals surface area contributed by atoms with Crippen molar-refractivity contribution in [3.05, 3.63) is 47.3 Å². The van der Waals surface area contributed by atoms with Crippen LogP contribution in [0.4, 0.5) is 0 Å². The van der Waals surface area contributed by atoms with Crippen molar-refractivity contribution in [2.75, 3.05) is 13.2 Å². The van der Waals surface area contributed by atoms with Gasteiger partial charge in [0.2, 0.25) is 11.7 Å². The number of carbonyl (C=O) groups is 2. The molecule has 2 amide bonds. The molecule has 27 heavy (non-hydrogen) atoms. The van der Waals surface area contributed by atoms with E-state index in [0.29, 0.717) is 30.9 Å². The van der Waals surface area contributed by atoms with E-state index >= 15 is 0 Å². The third-order valence-corrected chi connectivity index (χ3v) is 4.39. The van der Waals surface area contributed by atoms with Crippen LogP contribution in [0.5, 0.6) is 5.75 Å². The summed E-state index contributed by atoms with van der Waals surface area (Å²) in [5, 5.41) is 6.85. The lowest BCUT2D eigenvalue weighted by Crippen LogP contribution is -2.51. The van der Waals surface area contributed by atoms with Gasteiger partial charge in [0.1, 0.15) is 11.9 Å². The first-order valence-electron chi connectivity index (χ1n) is 8.86. The Hall–Kier alpha value is -2.87. The molecular formula is C19H23N3O5. The Bertz CT molecular complexity index is 800. The van der Waals surface area contributed by atoms with E-state index in [1.165, 1.54) is 0 Å². The number of hydrogen-bond acceptors (Lipinski definition) is 6. The minimum absolute atomic E-state index is 0.176. The van der Waals surface area contributed by atoms with Crippen LogP contribution in [0.2, 0.25) is 0 Å². The lowest BCUT2D eigenvalue weighted by Gasteiger charge is -2.32. The van der Waals surface area contributed by atoms with Crippen molar-refractivity contribution >= 4 is 11.8 Å². The van der Waals surface area contributed by atoms with Crippen molar-refractivity contribution in [3.8, 4) is 5.75 Å². The fraction of sp³-hybridized carbons (Fsp3) is 0.421. The summed E-state index contributed by atoms with van der Waals surface area (Å²) in [6, 6.07) is 7.93. The second-order valence-electron chi connectivity index (χ2n) is 6.76. The summed E-state index contributed by atoms with van der Waals surface area (Å²) in [6.45, 7) is 4.83. The average molecular weight is 373 g/mol. The number of aromatic nitrogens is 1. The molecule has 1 aromatic carbocycles. The molecule has 144 valence electrons. The zero-order valence-electron chi connectivity index (χ0n) is 15.3. The highest BCUT2D eigenvalue weighted by Crippen LogP contribution is 2.20. The molecule has 1 aliphatic heterocycles. The van der Waals surface area contributed by atoms with Crippen LogP contribution >= 0.6 is 0 Å². The third-order valence-electron chi connectivity index (χ3n) is 4.39. The maximum atomic E-state index is 12.5. The van der Waals surface area contributed by atoms with E-state index in [1.807, 2.05) is 13.8 Å². The molecule has 3 rings (SSSR count). The van der Waals surface area contributed by atoms with E-state index in [4.69, 9.17) is 19.7 Å². The lowest BCUT2D eigenvalue weighted by atomic mass is 10.1. The van der Waals surface area contributed by atoms with Crippen molar-refractivity contribution in [1.29, 1.82) is 0 Å². The number of nitrogens with zero attached hydrogens (tertiary/aromatic N) is 1. The standard InChI is InChI=1S/C19H23N3O5/c1-11(2)15-9-16(27-22-15)19(24)21-14-7-8-25-10-17(14)26-13-5-3-12(4-6-13)18(20)23/h3-6,9,11,14,17H,7-8,10H2,1-2H3,(H2,20,23)(H,21,24)/t14-,17-/m1/s1. The van der Waals surface area contributed by atoms with Crippen molar-refractivity contribution in [2.45, 2.75) is 38.3 Å². The van der Waals surface area contributed by atoms with Crippen molar-refractivity contribution < 1.29 is 23.6 Å². The smallest absolute Gasteiger partial charge is 0.290 e. The predicted octanol–water partition coefficient (Wildman–Crippen LogP) is 1.86. The van der Waals surface area contributed by atoms with E-state index in [1.54, 1.807) is 30.3 Å². The molecule has 2 heterocycles. The van der Waals surface area contributed by atoms with Gasteiger partial charge in [0.05, 0.1) is 18.3 Å². The summed E-state index contributed by atoms with van der Waals surface area (Å²) < 4.78 is 16.6. The highest BCUT2D eigenvalue weighted by atomic mass is 16.5. The molecule has 1 saturated heterocycles. The highest BCUT2D eigenvalue weighted by molar-refractivity contribution is 5.93. The normalized spacial score (nSPS) is 19.7. The van der Waals surface area contributed by atoms with Gasteiger partial charge >= 0.3 is 0 Å². The molecule has 1 fully saturated rings. The van der Waals surface area contributed by atoms with Crippen molar-refractivity contribution in [3.63, 3.8) is 0 Å². The van der Waals surface area contributed by atoms with Crippen LogP contribution in [0.1, 0.15) is 52.8 Å². The summed E-state index contributed by atoms with van der Waals surface area (Å²) in [5.74, 6) is 0.0867. The second kappa shape index (κ2) is 8.22. The monoisotopic (exact) mass is 373 g/mol. The van der Waals surface area contributed by atoms with Crippen LogP contribution in [0.25, 0.3) is 0 Å². The number of nitrogens with two attached hydrogens (primary N) is 1. The van der Waals surface area contributed by atoms with E-state index in [-0.39, 0.29) is 29.7 Å². The van der Waals surface area contributed by atoms with Crippen LogP contribution in [-0.4, -0.2) is 42.3 Å². The number of amides is 2. The molecule has 0 unspecified atom stereocenters. The van der Waals surface area contributed by atoms with Crippen LogP contribution in [0, 0.1) is 0 Å². The summed E-state index contributed by atoms with van der Waals surface area (Å²) in [5.41, 5.74) is 6.37. The number of ether oxygens (including phenoxy) is 2. The van der Waals surface area contributed by atoms with Crippen molar-refractivity contribution in [1.82, 2.24) is 10.5 Å². The topological polar surface area (TPSA) is 117 Å². The number of primary amides is 1. The van der Waals surface area contributed by atoms with E-state index in [0.717, 1.165) is 5.69 Å². The van der Waals surface area contributed by atoms with Gasteiger partial charge in [-0.15, -0.1) is 0 Å². The zero-order valence-corrected chi connectivity index (χ0v) is 15.3. The van der Waals surface area contributed by atoms with Gasteiger partial charge in [0, 0.05) is 18.2 Å². The maximum absolute atomic E-state index is 12.5. The van der Waals surface area contributed by atoms with Gasteiger partial charge in [-0.25, -0.2) is 0 Å². The molecule has 0 aliphatic carbocycles. The largest absolute Gasteiger partial charge is 0.486 e.